The Labute approximate surface area is 140 Å². The van der Waals surface area contributed by atoms with Crippen LogP contribution in [0.5, 0.6) is 0 Å². The van der Waals surface area contributed by atoms with Crippen molar-refractivity contribution in [3.8, 4) is 0 Å². The summed E-state index contributed by atoms with van der Waals surface area (Å²) in [7, 11) is 0. The van der Waals surface area contributed by atoms with E-state index in [2.05, 4.69) is 27.1 Å². The fraction of sp³-hybridized carbons (Fsp3) is 0.389. The number of hydrogen-bond donors (Lipinski definition) is 1. The van der Waals surface area contributed by atoms with Gasteiger partial charge in [-0.05, 0) is 37.8 Å². The number of para-hydroxylation sites is 1. The third kappa shape index (κ3) is 3.53. The number of amides is 1. The normalized spacial score (nSPS) is 17.6. The third-order valence-electron chi connectivity index (χ3n) is 4.40. The Morgan fingerprint density at radius 3 is 2.96 bits per heavy atom. The van der Waals surface area contributed by atoms with Gasteiger partial charge in [0.2, 0.25) is 0 Å². The van der Waals surface area contributed by atoms with Crippen LogP contribution < -0.4 is 10.2 Å². The first-order valence-electron chi connectivity index (χ1n) is 8.33. The first-order valence-corrected chi connectivity index (χ1v) is 8.33. The maximum absolute atomic E-state index is 13.7. The number of piperidine rings is 1. The number of nitrogens with zero attached hydrogens (tertiary/aromatic N) is 3. The summed E-state index contributed by atoms with van der Waals surface area (Å²) in [5.74, 6) is -0.147. The molecule has 1 aliphatic heterocycles. The lowest BCUT2D eigenvalue weighted by molar-refractivity contribution is 0.102. The molecule has 0 radical (unpaired) electrons. The van der Waals surface area contributed by atoms with E-state index in [1.807, 2.05) is 0 Å². The summed E-state index contributed by atoms with van der Waals surface area (Å²) in [5.41, 5.74) is 0.385. The molecule has 24 heavy (non-hydrogen) atoms. The van der Waals surface area contributed by atoms with Crippen molar-refractivity contribution in [1.82, 2.24) is 9.97 Å². The van der Waals surface area contributed by atoms with Crippen molar-refractivity contribution in [1.29, 1.82) is 0 Å². The van der Waals surface area contributed by atoms with E-state index < -0.39 is 11.7 Å². The summed E-state index contributed by atoms with van der Waals surface area (Å²) in [5, 5.41) is 2.56. The standard InChI is InChI=1S/C18H21FN4O/c1-2-13-7-5-6-10-23(13)17-11-16(20-12-21-17)18(24)22-15-9-4-3-8-14(15)19/h3-4,8-9,11-13H,2,5-7,10H2,1H3,(H,22,24). The van der Waals surface area contributed by atoms with Crippen LogP contribution in [0, 0.1) is 5.82 Å². The molecule has 2 aromatic rings. The molecule has 0 aliphatic carbocycles. The lowest BCUT2D eigenvalue weighted by Crippen LogP contribution is -2.39. The van der Waals surface area contributed by atoms with E-state index in [1.165, 1.54) is 24.9 Å². The number of halogens is 1. The minimum Gasteiger partial charge on any atom is -0.354 e. The number of benzene rings is 1. The fourth-order valence-electron chi connectivity index (χ4n) is 3.10. The van der Waals surface area contributed by atoms with E-state index in [9.17, 15) is 9.18 Å². The molecule has 1 N–H and O–H groups in total. The molecule has 1 aliphatic rings. The quantitative estimate of drug-likeness (QED) is 0.931. The smallest absolute Gasteiger partial charge is 0.274 e. The molecular weight excluding hydrogens is 307 g/mol. The van der Waals surface area contributed by atoms with Crippen LogP contribution in [0.2, 0.25) is 0 Å². The second-order valence-corrected chi connectivity index (χ2v) is 5.95. The Morgan fingerprint density at radius 2 is 2.17 bits per heavy atom. The summed E-state index contributed by atoms with van der Waals surface area (Å²) in [4.78, 5) is 23.0. The van der Waals surface area contributed by atoms with Crippen LogP contribution in [0.4, 0.5) is 15.9 Å². The van der Waals surface area contributed by atoms with Crippen LogP contribution in [-0.2, 0) is 0 Å². The SMILES string of the molecule is CCC1CCCCN1c1cc(C(=O)Nc2ccccc2F)ncn1. The van der Waals surface area contributed by atoms with Crippen molar-refractivity contribution < 1.29 is 9.18 Å². The first kappa shape index (κ1) is 16.4. The Bertz CT molecular complexity index is 722. The Balaban J connectivity index is 1.79. The van der Waals surface area contributed by atoms with Crippen molar-refractivity contribution in [2.75, 3.05) is 16.8 Å². The highest BCUT2D eigenvalue weighted by Crippen LogP contribution is 2.25. The second-order valence-electron chi connectivity index (χ2n) is 5.95. The number of rotatable bonds is 4. The highest BCUT2D eigenvalue weighted by molar-refractivity contribution is 6.03. The van der Waals surface area contributed by atoms with Gasteiger partial charge < -0.3 is 10.2 Å². The Hall–Kier alpha value is -2.50. The zero-order valence-electron chi connectivity index (χ0n) is 13.7. The fourth-order valence-corrected chi connectivity index (χ4v) is 3.10. The minimum atomic E-state index is -0.470. The molecule has 2 heterocycles. The maximum Gasteiger partial charge on any atom is 0.274 e. The predicted octanol–water partition coefficient (Wildman–Crippen LogP) is 3.64. The van der Waals surface area contributed by atoms with E-state index in [0.717, 1.165) is 31.6 Å². The molecule has 6 heteroatoms. The van der Waals surface area contributed by atoms with E-state index in [4.69, 9.17) is 0 Å². The number of carbonyl (C=O) groups excluding carboxylic acids is 1. The van der Waals surface area contributed by atoms with Crippen molar-refractivity contribution >= 4 is 17.4 Å². The van der Waals surface area contributed by atoms with Crippen LogP contribution >= 0.6 is 0 Å². The minimum absolute atomic E-state index is 0.145. The number of carbonyl (C=O) groups is 1. The van der Waals surface area contributed by atoms with Crippen molar-refractivity contribution in [3.63, 3.8) is 0 Å². The van der Waals surface area contributed by atoms with Crippen LogP contribution in [-0.4, -0.2) is 28.5 Å². The molecule has 1 fully saturated rings. The van der Waals surface area contributed by atoms with Crippen LogP contribution in [0.25, 0.3) is 0 Å². The summed E-state index contributed by atoms with van der Waals surface area (Å²) >= 11 is 0. The zero-order valence-corrected chi connectivity index (χ0v) is 13.7. The summed E-state index contributed by atoms with van der Waals surface area (Å²) in [6, 6.07) is 8.20. The van der Waals surface area contributed by atoms with Gasteiger partial charge in [0.1, 0.15) is 23.7 Å². The van der Waals surface area contributed by atoms with Gasteiger partial charge in [-0.25, -0.2) is 14.4 Å². The Kier molecular flexibility index (Phi) is 5.03. The molecule has 1 amide bonds. The molecule has 0 spiro atoms. The monoisotopic (exact) mass is 328 g/mol. The van der Waals surface area contributed by atoms with Gasteiger partial charge in [-0.15, -0.1) is 0 Å². The average Bonchev–Trinajstić information content (AvgIpc) is 2.63. The lowest BCUT2D eigenvalue weighted by atomic mass is 10.00. The molecule has 1 saturated heterocycles. The topological polar surface area (TPSA) is 58.1 Å². The van der Waals surface area contributed by atoms with Gasteiger partial charge in [-0.3, -0.25) is 4.79 Å². The van der Waals surface area contributed by atoms with Crippen LogP contribution in [0.15, 0.2) is 36.7 Å². The predicted molar refractivity (Wildman–Crippen MR) is 91.7 cm³/mol. The van der Waals surface area contributed by atoms with Crippen LogP contribution in [0.3, 0.4) is 0 Å². The van der Waals surface area contributed by atoms with Crippen molar-refractivity contribution in [2.24, 2.45) is 0 Å². The molecule has 126 valence electrons. The molecule has 5 nitrogen and oxygen atoms in total. The first-order chi connectivity index (χ1) is 11.7. The Morgan fingerprint density at radius 1 is 1.33 bits per heavy atom. The molecule has 0 bridgehead atoms. The van der Waals surface area contributed by atoms with E-state index in [-0.39, 0.29) is 11.4 Å². The maximum atomic E-state index is 13.7. The zero-order chi connectivity index (χ0) is 16.9. The molecular formula is C18H21FN4O. The molecule has 1 aromatic heterocycles. The lowest BCUT2D eigenvalue weighted by Gasteiger charge is -2.36. The van der Waals surface area contributed by atoms with Gasteiger partial charge in [0.25, 0.3) is 5.91 Å². The van der Waals surface area contributed by atoms with Gasteiger partial charge in [0.05, 0.1) is 5.69 Å². The van der Waals surface area contributed by atoms with Gasteiger partial charge >= 0.3 is 0 Å². The second kappa shape index (κ2) is 7.38. The molecule has 3 rings (SSSR count). The molecule has 0 saturated carbocycles. The van der Waals surface area contributed by atoms with E-state index in [1.54, 1.807) is 18.2 Å². The number of hydrogen-bond acceptors (Lipinski definition) is 4. The highest BCUT2D eigenvalue weighted by Gasteiger charge is 2.23. The number of anilines is 2. The van der Waals surface area contributed by atoms with Gasteiger partial charge in [-0.1, -0.05) is 19.1 Å². The average molecular weight is 328 g/mol. The summed E-state index contributed by atoms with van der Waals surface area (Å²) < 4.78 is 13.7. The summed E-state index contributed by atoms with van der Waals surface area (Å²) in [6.07, 6.45) is 5.92. The van der Waals surface area contributed by atoms with Gasteiger partial charge in [0.15, 0.2) is 0 Å². The summed E-state index contributed by atoms with van der Waals surface area (Å²) in [6.45, 7) is 3.10. The number of nitrogens with one attached hydrogen (secondary N) is 1. The van der Waals surface area contributed by atoms with E-state index in [0.29, 0.717) is 6.04 Å². The van der Waals surface area contributed by atoms with Crippen molar-refractivity contribution in [3.05, 3.63) is 48.2 Å². The van der Waals surface area contributed by atoms with Gasteiger partial charge in [0, 0.05) is 18.7 Å². The number of aromatic nitrogens is 2. The largest absolute Gasteiger partial charge is 0.354 e. The van der Waals surface area contributed by atoms with E-state index >= 15 is 0 Å². The van der Waals surface area contributed by atoms with Crippen LogP contribution in [0.1, 0.15) is 43.1 Å². The third-order valence-corrected chi connectivity index (χ3v) is 4.40. The van der Waals surface area contributed by atoms with Crippen molar-refractivity contribution in [2.45, 2.75) is 38.6 Å². The molecule has 1 atom stereocenters. The van der Waals surface area contributed by atoms with Gasteiger partial charge in [-0.2, -0.15) is 0 Å². The highest BCUT2D eigenvalue weighted by atomic mass is 19.1. The molecule has 1 aromatic carbocycles. The molecule has 1 unspecified atom stereocenters.